The largest absolute Gasteiger partial charge is 0.444 e. The van der Waals surface area contributed by atoms with Crippen molar-refractivity contribution in [2.75, 3.05) is 13.2 Å². The summed E-state index contributed by atoms with van der Waals surface area (Å²) in [6, 6.07) is 3.99. The minimum Gasteiger partial charge on any atom is -0.444 e. The molecule has 0 unspecified atom stereocenters. The molecule has 1 atom stereocenters. The van der Waals surface area contributed by atoms with Gasteiger partial charge in [-0.15, -0.1) is 0 Å². The lowest BCUT2D eigenvalue weighted by molar-refractivity contribution is 0.0543. The predicted molar refractivity (Wildman–Crippen MR) is 90.2 cm³/mol. The molecule has 0 spiro atoms. The van der Waals surface area contributed by atoms with E-state index in [4.69, 9.17) is 15.0 Å². The average molecular weight is 349 g/mol. The predicted octanol–water partition coefficient (Wildman–Crippen LogP) is 3.94. The number of hydrogen-bond donors (Lipinski definition) is 1. The van der Waals surface area contributed by atoms with E-state index < -0.39 is 23.1 Å². The number of nitrogens with one attached hydrogen (secondary N) is 1. The van der Waals surface area contributed by atoms with Gasteiger partial charge in [0.2, 0.25) is 0 Å². The van der Waals surface area contributed by atoms with Crippen LogP contribution in [-0.4, -0.2) is 30.7 Å². The molecule has 1 amide bonds. The van der Waals surface area contributed by atoms with Gasteiger partial charge in [-0.05, 0) is 51.4 Å². The van der Waals surface area contributed by atoms with Gasteiger partial charge >= 0.3 is 6.09 Å². The van der Waals surface area contributed by atoms with E-state index in [1.807, 2.05) is 0 Å². The first-order chi connectivity index (χ1) is 11.6. The Balaban J connectivity index is 2.30. The van der Waals surface area contributed by atoms with Crippen molar-refractivity contribution in [1.29, 1.82) is 0 Å². The Bertz CT molecular complexity index is 753. The fourth-order valence-corrected chi connectivity index (χ4v) is 2.37. The Morgan fingerprint density at radius 3 is 2.88 bits per heavy atom. The van der Waals surface area contributed by atoms with E-state index in [1.165, 1.54) is 18.2 Å². The van der Waals surface area contributed by atoms with E-state index in [2.05, 4.69) is 20.3 Å². The van der Waals surface area contributed by atoms with E-state index in [1.54, 1.807) is 27.7 Å². The summed E-state index contributed by atoms with van der Waals surface area (Å²) >= 11 is 0. The van der Waals surface area contributed by atoms with Gasteiger partial charge in [0.25, 0.3) is 0 Å². The molecule has 0 saturated carbocycles. The molecule has 8 nitrogen and oxygen atoms in total. The monoisotopic (exact) mass is 349 g/mol. The summed E-state index contributed by atoms with van der Waals surface area (Å²) in [5.41, 5.74) is 7.29. The van der Waals surface area contributed by atoms with Crippen LogP contribution in [0.2, 0.25) is 0 Å². The summed E-state index contributed by atoms with van der Waals surface area (Å²) in [6.07, 6.45) is -0.664. The van der Waals surface area contributed by atoms with Gasteiger partial charge in [-0.1, -0.05) is 5.11 Å². The van der Waals surface area contributed by atoms with Crippen LogP contribution in [0.3, 0.4) is 0 Å². The van der Waals surface area contributed by atoms with Crippen LogP contribution in [0.4, 0.5) is 14.9 Å². The van der Waals surface area contributed by atoms with Crippen molar-refractivity contribution in [2.24, 2.45) is 10.1 Å². The smallest absolute Gasteiger partial charge is 0.413 e. The van der Waals surface area contributed by atoms with Gasteiger partial charge in [0, 0.05) is 16.2 Å². The number of aliphatic imine (C=N–C) groups is 1. The lowest BCUT2D eigenvalue weighted by Crippen LogP contribution is -2.44. The minimum atomic E-state index is -1.08. The topological polar surface area (TPSA) is 109 Å². The highest BCUT2D eigenvalue weighted by Gasteiger charge is 2.34. The van der Waals surface area contributed by atoms with Crippen LogP contribution in [0.1, 0.15) is 33.3 Å². The number of carbonyl (C=O) groups excluding carboxylic acids is 1. The molecule has 134 valence electrons. The Morgan fingerprint density at radius 2 is 2.24 bits per heavy atom. The van der Waals surface area contributed by atoms with Crippen molar-refractivity contribution in [1.82, 2.24) is 5.32 Å². The highest BCUT2D eigenvalue weighted by molar-refractivity contribution is 5.96. The van der Waals surface area contributed by atoms with E-state index in [0.29, 0.717) is 0 Å². The molecule has 9 heteroatoms. The third-order valence-electron chi connectivity index (χ3n) is 3.34. The second kappa shape index (κ2) is 7.08. The summed E-state index contributed by atoms with van der Waals surface area (Å²) in [7, 11) is 0. The first-order valence-corrected chi connectivity index (χ1v) is 7.64. The zero-order valence-corrected chi connectivity index (χ0v) is 14.5. The fourth-order valence-electron chi connectivity index (χ4n) is 2.37. The van der Waals surface area contributed by atoms with Crippen LogP contribution in [0.5, 0.6) is 0 Å². The molecule has 1 N–H and O–H groups in total. The van der Waals surface area contributed by atoms with E-state index in [-0.39, 0.29) is 30.3 Å². The van der Waals surface area contributed by atoms with Crippen molar-refractivity contribution in [3.05, 3.63) is 40.0 Å². The minimum absolute atomic E-state index is 0.0759. The number of azide groups is 1. The number of amides is 1. The molecule has 1 aliphatic rings. The maximum absolute atomic E-state index is 14.3. The van der Waals surface area contributed by atoms with Gasteiger partial charge in [-0.3, -0.25) is 10.3 Å². The van der Waals surface area contributed by atoms with Gasteiger partial charge < -0.3 is 9.47 Å². The second-order valence-electron chi connectivity index (χ2n) is 6.81. The molecule has 1 heterocycles. The number of alkyl carbamates (subject to hydrolysis) is 1. The first-order valence-electron chi connectivity index (χ1n) is 7.64. The Morgan fingerprint density at radius 1 is 1.52 bits per heavy atom. The number of benzene rings is 1. The van der Waals surface area contributed by atoms with Gasteiger partial charge in [0.05, 0.1) is 6.61 Å². The summed E-state index contributed by atoms with van der Waals surface area (Å²) in [6.45, 7) is 7.09. The van der Waals surface area contributed by atoms with Crippen molar-refractivity contribution < 1.29 is 18.7 Å². The molecule has 1 aromatic rings. The number of carbonyl (C=O) groups is 1. The lowest BCUT2D eigenvalue weighted by Gasteiger charge is -2.31. The Hall–Kier alpha value is -2.64. The maximum Gasteiger partial charge on any atom is 0.413 e. The maximum atomic E-state index is 14.3. The molecule has 1 aliphatic heterocycles. The molecule has 0 aromatic heterocycles. The average Bonchev–Trinajstić information content (AvgIpc) is 2.47. The van der Waals surface area contributed by atoms with Crippen molar-refractivity contribution in [3.8, 4) is 0 Å². The summed E-state index contributed by atoms with van der Waals surface area (Å²) in [5, 5.41) is 6.00. The van der Waals surface area contributed by atoms with Crippen molar-refractivity contribution >= 4 is 17.6 Å². The first kappa shape index (κ1) is 18.7. The van der Waals surface area contributed by atoms with Gasteiger partial charge in [-0.2, -0.15) is 0 Å². The molecular weight excluding hydrogens is 329 g/mol. The van der Waals surface area contributed by atoms with Crippen LogP contribution < -0.4 is 5.32 Å². The molecule has 0 saturated heterocycles. The highest BCUT2D eigenvalue weighted by atomic mass is 19.1. The Kier molecular flexibility index (Phi) is 5.30. The lowest BCUT2D eigenvalue weighted by atomic mass is 9.92. The molecule has 0 fully saturated rings. The third-order valence-corrected chi connectivity index (χ3v) is 3.34. The molecule has 25 heavy (non-hydrogen) atoms. The number of rotatable bonds is 2. The highest BCUT2D eigenvalue weighted by Crippen LogP contribution is 2.33. The second-order valence-corrected chi connectivity index (χ2v) is 6.81. The van der Waals surface area contributed by atoms with Gasteiger partial charge in [-0.25, -0.2) is 9.18 Å². The molecular formula is C16H20FN5O3. The molecule has 1 aromatic carbocycles. The molecule has 0 bridgehead atoms. The number of amidine groups is 1. The standard InChI is InChI=1S/C16H20FN5O3/c1-15(2,3)25-14(23)19-13-8-24-9-16(4,20-13)11-7-10(21-22-18)5-6-12(11)17/h5-7H,8-9H2,1-4H3,(H,19,20,23)/t16-/m0/s1. The van der Waals surface area contributed by atoms with Crippen molar-refractivity contribution in [2.45, 2.75) is 38.8 Å². The number of nitrogens with zero attached hydrogens (tertiary/aromatic N) is 4. The SMILES string of the molecule is CC(C)(C)OC(=O)NC1=N[C@](C)(c2cc(N=[N+]=[N-])ccc2F)COC1. The third kappa shape index (κ3) is 4.91. The zero-order chi connectivity index (χ0) is 18.7. The zero-order valence-electron chi connectivity index (χ0n) is 14.5. The van der Waals surface area contributed by atoms with Crippen LogP contribution in [-0.2, 0) is 15.0 Å². The molecule has 2 rings (SSSR count). The molecule has 0 radical (unpaired) electrons. The number of halogens is 1. The number of ether oxygens (including phenoxy) is 2. The van der Waals surface area contributed by atoms with Crippen LogP contribution in [0.25, 0.3) is 10.4 Å². The van der Waals surface area contributed by atoms with Crippen LogP contribution >= 0.6 is 0 Å². The fraction of sp³-hybridized carbons (Fsp3) is 0.500. The van der Waals surface area contributed by atoms with E-state index in [9.17, 15) is 9.18 Å². The van der Waals surface area contributed by atoms with E-state index >= 15 is 0 Å². The normalized spacial score (nSPS) is 20.3. The summed E-state index contributed by atoms with van der Waals surface area (Å²) in [5.74, 6) is -0.276. The van der Waals surface area contributed by atoms with Crippen LogP contribution in [0.15, 0.2) is 28.3 Å². The summed E-state index contributed by atoms with van der Waals surface area (Å²) < 4.78 is 24.9. The summed E-state index contributed by atoms with van der Waals surface area (Å²) in [4.78, 5) is 19.0. The van der Waals surface area contributed by atoms with Crippen molar-refractivity contribution in [3.63, 3.8) is 0 Å². The molecule has 0 aliphatic carbocycles. The number of hydrogen-bond acceptors (Lipinski definition) is 5. The van der Waals surface area contributed by atoms with E-state index in [0.717, 1.165) is 0 Å². The quantitative estimate of drug-likeness (QED) is 0.496. The van der Waals surface area contributed by atoms with Crippen LogP contribution in [0, 0.1) is 5.82 Å². The van der Waals surface area contributed by atoms with Gasteiger partial charge in [0.1, 0.15) is 29.4 Å². The Labute approximate surface area is 144 Å². The van der Waals surface area contributed by atoms with Gasteiger partial charge in [0.15, 0.2) is 0 Å².